The fraction of sp³-hybridized carbons (Fsp3) is 0.462. The Balaban J connectivity index is 2.30. The Morgan fingerprint density at radius 2 is 2.26 bits per heavy atom. The van der Waals surface area contributed by atoms with Crippen LogP contribution in [0.5, 0.6) is 0 Å². The Bertz CT molecular complexity index is 493. The van der Waals surface area contributed by atoms with E-state index < -0.39 is 0 Å². The number of amides is 1. The third kappa shape index (κ3) is 2.68. The van der Waals surface area contributed by atoms with Gasteiger partial charge in [-0.05, 0) is 19.2 Å². The summed E-state index contributed by atoms with van der Waals surface area (Å²) >= 11 is 6.30. The van der Waals surface area contributed by atoms with Crippen molar-refractivity contribution in [3.05, 3.63) is 22.7 Å². The maximum absolute atomic E-state index is 11.8. The lowest BCUT2D eigenvalue weighted by molar-refractivity contribution is -0.117. The number of ether oxygens (including phenoxy) is 1. The number of nitrogens with zero attached hydrogens (tertiary/aromatic N) is 1. The first-order chi connectivity index (χ1) is 9.08. The van der Waals surface area contributed by atoms with Gasteiger partial charge in [0.05, 0.1) is 17.3 Å². The van der Waals surface area contributed by atoms with Gasteiger partial charge in [-0.25, -0.2) is 0 Å². The average molecular weight is 284 g/mol. The van der Waals surface area contributed by atoms with Gasteiger partial charge in [0.2, 0.25) is 5.91 Å². The third-order valence-electron chi connectivity index (χ3n) is 3.28. The maximum atomic E-state index is 11.8. The topological polar surface area (TPSA) is 53.6 Å². The van der Waals surface area contributed by atoms with Crippen LogP contribution in [0.15, 0.2) is 12.1 Å². The number of halogens is 1. The SMILES string of the molecule is CNC1C(=O)Nc2cc(N(C)CCOC)c(Cl)cc21. The minimum Gasteiger partial charge on any atom is -0.383 e. The molecule has 104 valence electrons. The molecule has 1 aromatic rings. The highest BCUT2D eigenvalue weighted by Crippen LogP contribution is 2.38. The number of hydrogen-bond acceptors (Lipinski definition) is 4. The van der Waals surface area contributed by atoms with Crippen molar-refractivity contribution in [2.24, 2.45) is 0 Å². The average Bonchev–Trinajstić information content (AvgIpc) is 2.69. The van der Waals surface area contributed by atoms with Gasteiger partial charge in [0.1, 0.15) is 6.04 Å². The largest absolute Gasteiger partial charge is 0.383 e. The standard InChI is InChI=1S/C13H18ClN3O2/c1-15-12-8-6-9(14)11(17(2)4-5-19-3)7-10(8)16-13(12)18/h6-7,12,15H,4-5H2,1-3H3,(H,16,18). The van der Waals surface area contributed by atoms with E-state index in [4.69, 9.17) is 16.3 Å². The molecule has 0 saturated heterocycles. The summed E-state index contributed by atoms with van der Waals surface area (Å²) in [6, 6.07) is 3.42. The number of anilines is 2. The molecule has 6 heteroatoms. The molecule has 0 aromatic heterocycles. The molecule has 1 aromatic carbocycles. The molecule has 1 aliphatic heterocycles. The zero-order chi connectivity index (χ0) is 14.0. The van der Waals surface area contributed by atoms with E-state index in [2.05, 4.69) is 10.6 Å². The van der Waals surface area contributed by atoms with Gasteiger partial charge in [-0.1, -0.05) is 11.6 Å². The number of fused-ring (bicyclic) bond motifs is 1. The molecule has 1 atom stereocenters. The molecule has 1 heterocycles. The number of hydrogen-bond donors (Lipinski definition) is 2. The number of carbonyl (C=O) groups excluding carboxylic acids is 1. The van der Waals surface area contributed by atoms with Crippen LogP contribution in [-0.4, -0.2) is 40.3 Å². The van der Waals surface area contributed by atoms with Gasteiger partial charge in [0, 0.05) is 32.0 Å². The van der Waals surface area contributed by atoms with Crippen molar-refractivity contribution in [3.8, 4) is 0 Å². The van der Waals surface area contributed by atoms with E-state index in [0.29, 0.717) is 11.6 Å². The zero-order valence-electron chi connectivity index (χ0n) is 11.3. The number of nitrogens with one attached hydrogen (secondary N) is 2. The highest BCUT2D eigenvalue weighted by Gasteiger charge is 2.30. The molecule has 2 rings (SSSR count). The van der Waals surface area contributed by atoms with Crippen molar-refractivity contribution < 1.29 is 9.53 Å². The molecule has 0 fully saturated rings. The lowest BCUT2D eigenvalue weighted by Gasteiger charge is -2.21. The van der Waals surface area contributed by atoms with Gasteiger partial charge >= 0.3 is 0 Å². The van der Waals surface area contributed by atoms with E-state index in [1.54, 1.807) is 14.2 Å². The molecule has 5 nitrogen and oxygen atoms in total. The Morgan fingerprint density at radius 1 is 1.53 bits per heavy atom. The van der Waals surface area contributed by atoms with E-state index in [0.717, 1.165) is 23.5 Å². The van der Waals surface area contributed by atoms with Crippen LogP contribution in [-0.2, 0) is 9.53 Å². The molecule has 0 spiro atoms. The molecule has 0 saturated carbocycles. The minimum absolute atomic E-state index is 0.0507. The third-order valence-corrected chi connectivity index (χ3v) is 3.58. The fourth-order valence-electron chi connectivity index (χ4n) is 2.20. The number of likely N-dealkylation sites (N-methyl/N-ethyl adjacent to an activating group) is 2. The van der Waals surface area contributed by atoms with Crippen molar-refractivity contribution in [1.29, 1.82) is 0 Å². The second-order valence-electron chi connectivity index (χ2n) is 4.52. The van der Waals surface area contributed by atoms with E-state index >= 15 is 0 Å². The summed E-state index contributed by atoms with van der Waals surface area (Å²) in [5.74, 6) is -0.0507. The summed E-state index contributed by atoms with van der Waals surface area (Å²) in [6.45, 7) is 1.35. The molecule has 2 N–H and O–H groups in total. The molecule has 0 radical (unpaired) electrons. The van der Waals surface area contributed by atoms with Crippen molar-refractivity contribution in [1.82, 2.24) is 5.32 Å². The van der Waals surface area contributed by atoms with Gasteiger partial charge < -0.3 is 20.3 Å². The number of carbonyl (C=O) groups is 1. The molecule has 1 aliphatic rings. The van der Waals surface area contributed by atoms with Crippen molar-refractivity contribution >= 4 is 28.9 Å². The van der Waals surface area contributed by atoms with Crippen LogP contribution in [0.25, 0.3) is 0 Å². The predicted octanol–water partition coefficient (Wildman–Crippen LogP) is 1.64. The first kappa shape index (κ1) is 14.1. The maximum Gasteiger partial charge on any atom is 0.246 e. The Morgan fingerprint density at radius 3 is 2.89 bits per heavy atom. The first-order valence-corrected chi connectivity index (χ1v) is 6.48. The lowest BCUT2D eigenvalue weighted by Crippen LogP contribution is -2.23. The van der Waals surface area contributed by atoms with E-state index in [9.17, 15) is 4.79 Å². The summed E-state index contributed by atoms with van der Waals surface area (Å²) in [4.78, 5) is 13.8. The van der Waals surface area contributed by atoms with Crippen LogP contribution >= 0.6 is 11.6 Å². The minimum atomic E-state index is -0.328. The zero-order valence-corrected chi connectivity index (χ0v) is 12.0. The number of methoxy groups -OCH3 is 1. The fourth-order valence-corrected chi connectivity index (χ4v) is 2.51. The van der Waals surface area contributed by atoms with Crippen LogP contribution in [0.1, 0.15) is 11.6 Å². The lowest BCUT2D eigenvalue weighted by atomic mass is 10.1. The van der Waals surface area contributed by atoms with Crippen LogP contribution in [0.3, 0.4) is 0 Å². The van der Waals surface area contributed by atoms with Gasteiger partial charge in [-0.3, -0.25) is 4.79 Å². The quantitative estimate of drug-likeness (QED) is 0.862. The molecule has 0 bridgehead atoms. The Hall–Kier alpha value is -1.30. The molecular weight excluding hydrogens is 266 g/mol. The van der Waals surface area contributed by atoms with Crippen molar-refractivity contribution in [2.75, 3.05) is 44.6 Å². The number of benzene rings is 1. The van der Waals surface area contributed by atoms with Crippen molar-refractivity contribution in [3.63, 3.8) is 0 Å². The van der Waals surface area contributed by atoms with Gasteiger partial charge in [0.15, 0.2) is 0 Å². The summed E-state index contributed by atoms with van der Waals surface area (Å²) < 4.78 is 5.05. The van der Waals surface area contributed by atoms with Gasteiger partial charge in [-0.15, -0.1) is 0 Å². The van der Waals surface area contributed by atoms with E-state index in [-0.39, 0.29) is 11.9 Å². The normalized spacial score (nSPS) is 17.3. The summed E-state index contributed by atoms with van der Waals surface area (Å²) in [6.07, 6.45) is 0. The summed E-state index contributed by atoms with van der Waals surface area (Å²) in [7, 11) is 5.36. The molecular formula is C13H18ClN3O2. The second-order valence-corrected chi connectivity index (χ2v) is 4.92. The number of rotatable bonds is 5. The predicted molar refractivity (Wildman–Crippen MR) is 77.0 cm³/mol. The van der Waals surface area contributed by atoms with Crippen molar-refractivity contribution in [2.45, 2.75) is 6.04 Å². The second kappa shape index (κ2) is 5.77. The van der Waals surface area contributed by atoms with Crippen LogP contribution < -0.4 is 15.5 Å². The first-order valence-electron chi connectivity index (χ1n) is 6.10. The van der Waals surface area contributed by atoms with Crippen LogP contribution in [0.4, 0.5) is 11.4 Å². The summed E-state index contributed by atoms with van der Waals surface area (Å²) in [5.41, 5.74) is 2.59. The van der Waals surface area contributed by atoms with Crippen LogP contribution in [0, 0.1) is 0 Å². The van der Waals surface area contributed by atoms with E-state index in [1.165, 1.54) is 0 Å². The molecule has 19 heavy (non-hydrogen) atoms. The molecule has 1 amide bonds. The Labute approximate surface area is 117 Å². The van der Waals surface area contributed by atoms with E-state index in [1.807, 2.05) is 24.1 Å². The van der Waals surface area contributed by atoms with Gasteiger partial charge in [-0.2, -0.15) is 0 Å². The molecule has 1 unspecified atom stereocenters. The van der Waals surface area contributed by atoms with Gasteiger partial charge in [0.25, 0.3) is 0 Å². The van der Waals surface area contributed by atoms with Crippen LogP contribution in [0.2, 0.25) is 5.02 Å². The smallest absolute Gasteiger partial charge is 0.246 e. The Kier molecular flexibility index (Phi) is 4.29. The monoisotopic (exact) mass is 283 g/mol. The highest BCUT2D eigenvalue weighted by atomic mass is 35.5. The highest BCUT2D eigenvalue weighted by molar-refractivity contribution is 6.33. The summed E-state index contributed by atoms with van der Waals surface area (Å²) in [5, 5.41) is 6.47. The molecule has 0 aliphatic carbocycles.